The third-order valence-electron chi connectivity index (χ3n) is 5.41. The fraction of sp³-hybridized carbons (Fsp3) is 0.148. The highest BCUT2D eigenvalue weighted by Crippen LogP contribution is 2.40. The minimum absolute atomic E-state index is 0.0279. The van der Waals surface area contributed by atoms with E-state index in [1.54, 1.807) is 31.2 Å². The lowest BCUT2D eigenvalue weighted by Gasteiger charge is -2.15. The Bertz CT molecular complexity index is 1610. The Morgan fingerprint density at radius 2 is 1.73 bits per heavy atom. The number of anilines is 1. The molecule has 0 atom stereocenters. The largest absolute Gasteiger partial charge is 0.490 e. The van der Waals surface area contributed by atoms with Gasteiger partial charge in [0.05, 0.1) is 23.1 Å². The first-order chi connectivity index (χ1) is 19.0. The van der Waals surface area contributed by atoms with Crippen LogP contribution in [0, 0.1) is 0 Å². The number of ether oxygens (including phenoxy) is 1. The van der Waals surface area contributed by atoms with E-state index in [-0.39, 0.29) is 45.4 Å². The number of benzene rings is 3. The molecule has 1 N–H and O–H groups in total. The first kappa shape index (κ1) is 29.5. The molecule has 1 saturated heterocycles. The number of nitrogens with one attached hydrogen (secondary N) is 1. The van der Waals surface area contributed by atoms with E-state index in [0.29, 0.717) is 16.3 Å². The summed E-state index contributed by atoms with van der Waals surface area (Å²) in [4.78, 5) is 37.9. The summed E-state index contributed by atoms with van der Waals surface area (Å²) >= 11 is 13.1. The molecule has 1 fully saturated rings. The topological polar surface area (TPSA) is 119 Å². The molecule has 1 aliphatic heterocycles. The zero-order valence-electron chi connectivity index (χ0n) is 21.1. The van der Waals surface area contributed by atoms with Gasteiger partial charge in [0.15, 0.2) is 5.75 Å². The molecule has 4 rings (SSSR count). The Balaban J connectivity index is 1.58. The molecule has 1 heterocycles. The van der Waals surface area contributed by atoms with Crippen LogP contribution in [0.2, 0.25) is 10.0 Å². The van der Waals surface area contributed by atoms with Crippen LogP contribution >= 0.6 is 35.0 Å². The van der Waals surface area contributed by atoms with Crippen molar-refractivity contribution in [2.24, 2.45) is 0 Å². The Labute approximate surface area is 245 Å². The van der Waals surface area contributed by atoms with Gasteiger partial charge in [0.1, 0.15) is 4.90 Å². The van der Waals surface area contributed by atoms with Crippen LogP contribution in [-0.2, 0) is 26.3 Å². The molecule has 0 aromatic heterocycles. The Morgan fingerprint density at radius 3 is 2.35 bits per heavy atom. The highest BCUT2D eigenvalue weighted by molar-refractivity contribution is 8.18. The number of nitrogens with zero attached hydrogens (tertiary/aromatic N) is 1. The highest BCUT2D eigenvalue weighted by Gasteiger charge is 2.35. The number of carbonyl (C=O) groups excluding carboxylic acids is 3. The number of halogens is 2. The third-order valence-corrected chi connectivity index (χ3v) is 8.09. The molecule has 13 heteroatoms. The number of carbonyl (C=O) groups is 3. The molecule has 40 heavy (non-hydrogen) atoms. The lowest BCUT2D eigenvalue weighted by atomic mass is 10.1. The van der Waals surface area contributed by atoms with E-state index in [0.717, 1.165) is 22.2 Å². The van der Waals surface area contributed by atoms with E-state index < -0.39 is 21.3 Å². The fourth-order valence-corrected chi connectivity index (χ4v) is 5.87. The average molecular weight is 622 g/mol. The van der Waals surface area contributed by atoms with Gasteiger partial charge in [0, 0.05) is 17.6 Å². The molecule has 3 aromatic carbocycles. The van der Waals surface area contributed by atoms with Crippen molar-refractivity contribution in [2.45, 2.75) is 25.3 Å². The summed E-state index contributed by atoms with van der Waals surface area (Å²) in [7, 11) is -4.32. The van der Waals surface area contributed by atoms with E-state index in [4.69, 9.17) is 32.1 Å². The van der Waals surface area contributed by atoms with E-state index in [1.165, 1.54) is 49.4 Å². The van der Waals surface area contributed by atoms with Crippen molar-refractivity contribution in [3.63, 3.8) is 0 Å². The molecule has 0 bridgehead atoms. The predicted octanol–water partition coefficient (Wildman–Crippen LogP) is 6.35. The maximum atomic E-state index is 13.0. The van der Waals surface area contributed by atoms with E-state index in [9.17, 15) is 22.8 Å². The molecular formula is C27H22Cl2N2O7S2. The van der Waals surface area contributed by atoms with Gasteiger partial charge in [-0.25, -0.2) is 0 Å². The van der Waals surface area contributed by atoms with E-state index in [2.05, 4.69) is 5.32 Å². The van der Waals surface area contributed by atoms with Crippen molar-refractivity contribution >= 4 is 73.9 Å². The van der Waals surface area contributed by atoms with Gasteiger partial charge in [-0.05, 0) is 84.4 Å². The van der Waals surface area contributed by atoms with Gasteiger partial charge in [-0.2, -0.15) is 8.42 Å². The molecule has 9 nitrogen and oxygen atoms in total. The molecule has 208 valence electrons. The maximum absolute atomic E-state index is 13.0. The minimum Gasteiger partial charge on any atom is -0.490 e. The monoisotopic (exact) mass is 620 g/mol. The lowest BCUT2D eigenvalue weighted by Crippen LogP contribution is -2.27. The third kappa shape index (κ3) is 6.97. The smallest absolute Gasteiger partial charge is 0.339 e. The summed E-state index contributed by atoms with van der Waals surface area (Å²) in [5.74, 6) is -0.987. The second-order valence-electron chi connectivity index (χ2n) is 8.40. The average Bonchev–Trinajstić information content (AvgIpc) is 3.14. The van der Waals surface area contributed by atoms with Gasteiger partial charge in [0.2, 0.25) is 11.7 Å². The van der Waals surface area contributed by atoms with E-state index in [1.807, 2.05) is 0 Å². The first-order valence-corrected chi connectivity index (χ1v) is 14.7. The van der Waals surface area contributed by atoms with Gasteiger partial charge >= 0.3 is 10.1 Å². The number of amides is 3. The van der Waals surface area contributed by atoms with Gasteiger partial charge in [0.25, 0.3) is 11.1 Å². The predicted molar refractivity (Wildman–Crippen MR) is 154 cm³/mol. The summed E-state index contributed by atoms with van der Waals surface area (Å²) in [5, 5.41) is 2.57. The van der Waals surface area contributed by atoms with Crippen molar-refractivity contribution in [1.82, 2.24) is 4.90 Å². The number of hydrogen-bond donors (Lipinski definition) is 1. The van der Waals surface area contributed by atoms with Crippen molar-refractivity contribution < 1.29 is 31.7 Å². The molecule has 3 aromatic rings. The minimum atomic E-state index is -4.32. The summed E-state index contributed by atoms with van der Waals surface area (Å²) in [6.07, 6.45) is 1.47. The Hall–Kier alpha value is -3.51. The molecule has 0 radical (unpaired) electrons. The molecular weight excluding hydrogens is 599 g/mol. The molecule has 0 aliphatic carbocycles. The normalized spacial score (nSPS) is 14.5. The quantitative estimate of drug-likeness (QED) is 0.217. The van der Waals surface area contributed by atoms with Crippen LogP contribution in [0.1, 0.15) is 25.0 Å². The molecule has 1 aliphatic rings. The first-order valence-electron chi connectivity index (χ1n) is 11.7. The number of hydrogen-bond acceptors (Lipinski definition) is 8. The second-order valence-corrected chi connectivity index (χ2v) is 11.8. The Kier molecular flexibility index (Phi) is 9.09. The van der Waals surface area contributed by atoms with Crippen molar-refractivity contribution in [2.75, 3.05) is 11.9 Å². The summed E-state index contributed by atoms with van der Waals surface area (Å²) in [6.45, 7) is 3.28. The zero-order valence-corrected chi connectivity index (χ0v) is 24.3. The standard InChI is InChI=1S/C27H22Cl2N2O7S2/c1-3-37-23-13-18(14-24-26(33)31(27(34)39-24)15-17-4-6-19(28)7-5-17)12-22(29)25(23)38-40(35,36)21-10-8-20(9-11-21)30-16(2)32/h4-14H,3,15H2,1-2H3,(H,30,32)/b24-14-. The molecule has 0 saturated carbocycles. The summed E-state index contributed by atoms with van der Waals surface area (Å²) < 4.78 is 36.9. The van der Waals surface area contributed by atoms with Crippen LogP contribution in [0.3, 0.4) is 0 Å². The van der Waals surface area contributed by atoms with Crippen LogP contribution in [-0.4, -0.2) is 37.0 Å². The van der Waals surface area contributed by atoms with Gasteiger partial charge < -0.3 is 14.2 Å². The van der Waals surface area contributed by atoms with Crippen LogP contribution in [0.4, 0.5) is 10.5 Å². The van der Waals surface area contributed by atoms with E-state index >= 15 is 0 Å². The van der Waals surface area contributed by atoms with Gasteiger partial charge in [-0.15, -0.1) is 0 Å². The SMILES string of the molecule is CCOc1cc(/C=C2\SC(=O)N(Cc3ccc(Cl)cc3)C2=O)cc(Cl)c1OS(=O)(=O)c1ccc(NC(C)=O)cc1. The molecule has 3 amide bonds. The van der Waals surface area contributed by atoms with Crippen molar-refractivity contribution in [3.8, 4) is 11.5 Å². The molecule has 0 spiro atoms. The number of rotatable bonds is 9. The van der Waals surface area contributed by atoms with Crippen LogP contribution < -0.4 is 14.2 Å². The second kappa shape index (κ2) is 12.3. The van der Waals surface area contributed by atoms with Crippen molar-refractivity contribution in [1.29, 1.82) is 0 Å². The fourth-order valence-electron chi connectivity index (χ4n) is 3.64. The van der Waals surface area contributed by atoms with Crippen LogP contribution in [0.25, 0.3) is 6.08 Å². The molecule has 0 unspecified atom stereocenters. The van der Waals surface area contributed by atoms with Crippen LogP contribution in [0.5, 0.6) is 11.5 Å². The van der Waals surface area contributed by atoms with Gasteiger partial charge in [-0.3, -0.25) is 19.3 Å². The highest BCUT2D eigenvalue weighted by atomic mass is 35.5. The summed E-state index contributed by atoms with van der Waals surface area (Å²) in [6, 6.07) is 15.1. The lowest BCUT2D eigenvalue weighted by molar-refractivity contribution is -0.123. The van der Waals surface area contributed by atoms with Crippen molar-refractivity contribution in [3.05, 3.63) is 86.7 Å². The maximum Gasteiger partial charge on any atom is 0.339 e. The summed E-state index contributed by atoms with van der Waals surface area (Å²) in [5.41, 5.74) is 1.55. The number of thioether (sulfide) groups is 1. The zero-order chi connectivity index (χ0) is 29.0. The number of imide groups is 1. The Morgan fingerprint density at radius 1 is 1.05 bits per heavy atom. The van der Waals surface area contributed by atoms with Crippen LogP contribution in [0.15, 0.2) is 70.5 Å². The van der Waals surface area contributed by atoms with Gasteiger partial charge in [-0.1, -0.05) is 35.3 Å².